The Morgan fingerprint density at radius 1 is 1.17 bits per heavy atom. The Kier molecular flexibility index (Phi) is 4.42. The molecule has 0 spiro atoms. The van der Waals surface area contributed by atoms with Gasteiger partial charge in [0.15, 0.2) is 5.37 Å². The van der Waals surface area contributed by atoms with E-state index in [1.165, 1.54) is 0 Å². The van der Waals surface area contributed by atoms with Crippen molar-refractivity contribution in [1.29, 1.82) is 5.26 Å². The van der Waals surface area contributed by atoms with E-state index in [0.717, 1.165) is 17.4 Å². The molecular weight excluding hydrogens is 334 g/mol. The zero-order valence-corrected chi connectivity index (χ0v) is 13.4. The summed E-state index contributed by atoms with van der Waals surface area (Å²) in [6.45, 7) is 0. The summed E-state index contributed by atoms with van der Waals surface area (Å²) in [5.41, 5.74) is 1.54. The van der Waals surface area contributed by atoms with E-state index in [2.05, 4.69) is 0 Å². The van der Waals surface area contributed by atoms with Crippen LogP contribution in [-0.2, 0) is 0 Å². The molecule has 0 N–H and O–H groups in total. The molecule has 2 aromatic carbocycles. The number of hydrogen-bond acceptors (Lipinski definition) is 5. The molecule has 1 saturated heterocycles. The van der Waals surface area contributed by atoms with E-state index < -0.39 is 17.5 Å². The fourth-order valence-electron chi connectivity index (χ4n) is 2.90. The third-order valence-corrected chi connectivity index (χ3v) is 5.08. The van der Waals surface area contributed by atoms with E-state index in [-0.39, 0.29) is 4.92 Å². The van der Waals surface area contributed by atoms with Crippen molar-refractivity contribution in [3.63, 3.8) is 0 Å². The number of para-hydroxylation sites is 1. The zero-order chi connectivity index (χ0) is 16.4. The summed E-state index contributed by atoms with van der Waals surface area (Å²) in [6, 6.07) is 15.1. The predicted molar refractivity (Wildman–Crippen MR) is 90.9 cm³/mol. The van der Waals surface area contributed by atoms with Crippen molar-refractivity contribution in [1.82, 2.24) is 0 Å². The standard InChI is InChI=1S/C16H12ClN3O2S/c17-13-9-5-4-8-12(13)14-15(20(21)22)16(23-10-18)19(14)11-6-2-1-3-7-11/h1-9,14-16H/t14-,15-,16+/m1/s1. The number of nitro groups is 1. The van der Waals surface area contributed by atoms with Crippen molar-refractivity contribution in [3.8, 4) is 5.40 Å². The highest BCUT2D eigenvalue weighted by atomic mass is 35.5. The highest BCUT2D eigenvalue weighted by Gasteiger charge is 2.58. The van der Waals surface area contributed by atoms with Gasteiger partial charge in [0.25, 0.3) is 6.04 Å². The van der Waals surface area contributed by atoms with Crippen LogP contribution < -0.4 is 4.90 Å². The van der Waals surface area contributed by atoms with Crippen LogP contribution in [0.4, 0.5) is 5.69 Å². The van der Waals surface area contributed by atoms with Gasteiger partial charge in [0.2, 0.25) is 0 Å². The lowest BCUT2D eigenvalue weighted by Crippen LogP contribution is -2.63. The van der Waals surface area contributed by atoms with Crippen LogP contribution in [0.2, 0.25) is 5.02 Å². The molecule has 1 aliphatic rings. The first-order valence-corrected chi connectivity index (χ1v) is 8.17. The maximum Gasteiger partial charge on any atom is 0.267 e. The molecule has 0 aliphatic carbocycles. The molecule has 2 aromatic rings. The fourth-order valence-corrected chi connectivity index (χ4v) is 4.01. The predicted octanol–water partition coefficient (Wildman–Crippen LogP) is 4.09. The number of halogens is 1. The minimum Gasteiger partial charge on any atom is -0.338 e. The van der Waals surface area contributed by atoms with Crippen LogP contribution in [0.15, 0.2) is 54.6 Å². The smallest absolute Gasteiger partial charge is 0.267 e. The summed E-state index contributed by atoms with van der Waals surface area (Å²) in [4.78, 5) is 13.1. The average Bonchev–Trinajstić information content (AvgIpc) is 2.53. The Morgan fingerprint density at radius 3 is 2.43 bits per heavy atom. The molecule has 1 aliphatic heterocycles. The fraction of sp³-hybridized carbons (Fsp3) is 0.188. The van der Waals surface area contributed by atoms with Crippen LogP contribution in [0.5, 0.6) is 0 Å². The zero-order valence-electron chi connectivity index (χ0n) is 11.9. The summed E-state index contributed by atoms with van der Waals surface area (Å²) in [5.74, 6) is 0. The number of thiocyanates is 1. The average molecular weight is 346 g/mol. The second-order valence-corrected chi connectivity index (χ2v) is 6.39. The van der Waals surface area contributed by atoms with Crippen LogP contribution >= 0.6 is 23.4 Å². The third-order valence-electron chi connectivity index (χ3n) is 3.88. The molecule has 0 aromatic heterocycles. The summed E-state index contributed by atoms with van der Waals surface area (Å²) in [7, 11) is 0. The van der Waals surface area contributed by atoms with E-state index >= 15 is 0 Å². The Morgan fingerprint density at radius 2 is 1.83 bits per heavy atom. The first kappa shape index (κ1) is 15.7. The number of hydrogen-bond donors (Lipinski definition) is 0. The number of rotatable bonds is 4. The van der Waals surface area contributed by atoms with E-state index in [0.29, 0.717) is 10.6 Å². The quantitative estimate of drug-likeness (QED) is 0.474. The lowest BCUT2D eigenvalue weighted by Gasteiger charge is -2.50. The number of nitrogens with zero attached hydrogens (tertiary/aromatic N) is 3. The Bertz CT molecular complexity index is 765. The van der Waals surface area contributed by atoms with Gasteiger partial charge in [-0.05, 0) is 30.0 Å². The molecule has 1 heterocycles. The van der Waals surface area contributed by atoms with Gasteiger partial charge in [-0.1, -0.05) is 48.0 Å². The van der Waals surface area contributed by atoms with Crippen LogP contribution in [0, 0.1) is 20.8 Å². The van der Waals surface area contributed by atoms with Gasteiger partial charge in [-0.25, -0.2) is 0 Å². The van der Waals surface area contributed by atoms with Crippen molar-refractivity contribution < 1.29 is 4.92 Å². The molecule has 0 saturated carbocycles. The second-order valence-electron chi connectivity index (χ2n) is 5.08. The summed E-state index contributed by atoms with van der Waals surface area (Å²) >= 11 is 7.17. The molecule has 7 heteroatoms. The van der Waals surface area contributed by atoms with Gasteiger partial charge in [0.1, 0.15) is 11.4 Å². The third kappa shape index (κ3) is 2.74. The summed E-state index contributed by atoms with van der Waals surface area (Å²) < 4.78 is 0. The number of benzene rings is 2. The normalized spacial score (nSPS) is 23.0. The number of nitriles is 1. The molecule has 5 nitrogen and oxygen atoms in total. The molecule has 0 amide bonds. The highest BCUT2D eigenvalue weighted by Crippen LogP contribution is 2.49. The van der Waals surface area contributed by atoms with Crippen molar-refractivity contribution in [2.24, 2.45) is 0 Å². The van der Waals surface area contributed by atoms with Crippen molar-refractivity contribution in [3.05, 3.63) is 75.3 Å². The lowest BCUT2D eigenvalue weighted by atomic mass is 9.88. The van der Waals surface area contributed by atoms with Crippen molar-refractivity contribution in [2.45, 2.75) is 17.5 Å². The van der Waals surface area contributed by atoms with Crippen LogP contribution in [0.1, 0.15) is 11.6 Å². The number of thioether (sulfide) groups is 1. The molecule has 1 fully saturated rings. The Hall–Kier alpha value is -2.23. The lowest BCUT2D eigenvalue weighted by molar-refractivity contribution is -0.537. The molecule has 3 rings (SSSR count). The van der Waals surface area contributed by atoms with E-state index in [1.807, 2.05) is 46.7 Å². The highest BCUT2D eigenvalue weighted by molar-refractivity contribution is 8.04. The molecule has 116 valence electrons. The van der Waals surface area contributed by atoms with Gasteiger partial charge in [-0.15, -0.1) is 0 Å². The van der Waals surface area contributed by atoms with Gasteiger partial charge >= 0.3 is 0 Å². The molecule has 3 atom stereocenters. The SMILES string of the molecule is N#CS[C@H]1[C@H]([N+](=O)[O-])[C@@H](c2ccccc2Cl)N1c1ccccc1. The second kappa shape index (κ2) is 6.49. The van der Waals surface area contributed by atoms with Crippen molar-refractivity contribution >= 4 is 29.1 Å². The molecule has 0 unspecified atom stereocenters. The van der Waals surface area contributed by atoms with E-state index in [4.69, 9.17) is 16.9 Å². The van der Waals surface area contributed by atoms with Gasteiger partial charge in [0, 0.05) is 21.2 Å². The van der Waals surface area contributed by atoms with E-state index in [1.54, 1.807) is 18.2 Å². The molecular formula is C16H12ClN3O2S. The first-order chi connectivity index (χ1) is 11.1. The molecule has 0 radical (unpaired) electrons. The van der Waals surface area contributed by atoms with Gasteiger partial charge in [-0.2, -0.15) is 5.26 Å². The molecule has 23 heavy (non-hydrogen) atoms. The monoisotopic (exact) mass is 345 g/mol. The maximum atomic E-state index is 11.6. The van der Waals surface area contributed by atoms with Crippen LogP contribution in [0.3, 0.4) is 0 Å². The minimum atomic E-state index is -0.889. The van der Waals surface area contributed by atoms with Crippen LogP contribution in [0.25, 0.3) is 0 Å². The first-order valence-electron chi connectivity index (χ1n) is 6.91. The number of anilines is 1. The van der Waals surface area contributed by atoms with Gasteiger partial charge in [0.05, 0.1) is 0 Å². The Labute approximate surface area is 142 Å². The maximum absolute atomic E-state index is 11.6. The van der Waals surface area contributed by atoms with Crippen LogP contribution in [-0.4, -0.2) is 16.3 Å². The topological polar surface area (TPSA) is 70.2 Å². The van der Waals surface area contributed by atoms with Gasteiger partial charge in [-0.3, -0.25) is 10.1 Å². The summed E-state index contributed by atoms with van der Waals surface area (Å²) in [5, 5.41) is 22.5. The minimum absolute atomic E-state index is 0.317. The Balaban J connectivity index is 2.07. The van der Waals surface area contributed by atoms with E-state index in [9.17, 15) is 10.1 Å². The molecule has 0 bridgehead atoms. The summed E-state index contributed by atoms with van der Waals surface area (Å²) in [6.07, 6.45) is 0. The van der Waals surface area contributed by atoms with Crippen molar-refractivity contribution in [2.75, 3.05) is 4.90 Å². The van der Waals surface area contributed by atoms with Gasteiger partial charge < -0.3 is 4.90 Å². The largest absolute Gasteiger partial charge is 0.338 e.